The summed E-state index contributed by atoms with van der Waals surface area (Å²) in [6.07, 6.45) is 0.920. The van der Waals surface area contributed by atoms with Gasteiger partial charge in [0.25, 0.3) is 5.56 Å². The van der Waals surface area contributed by atoms with E-state index in [0.29, 0.717) is 16.8 Å². The van der Waals surface area contributed by atoms with Crippen LogP contribution in [0.5, 0.6) is 0 Å². The van der Waals surface area contributed by atoms with Crippen LogP contribution < -0.4 is 16.2 Å². The Morgan fingerprint density at radius 1 is 1.06 bits per heavy atom. The van der Waals surface area contributed by atoms with Gasteiger partial charge in [0.2, 0.25) is 5.95 Å². The Kier molecular flexibility index (Phi) is 5.37. The summed E-state index contributed by atoms with van der Waals surface area (Å²) in [7, 11) is 0. The molecule has 1 fully saturated rings. The second-order valence-corrected chi connectivity index (χ2v) is 8.37. The Balaban J connectivity index is 1.58. The van der Waals surface area contributed by atoms with E-state index in [9.17, 15) is 18.0 Å². The zero-order valence-electron chi connectivity index (χ0n) is 17.7. The highest BCUT2D eigenvalue weighted by Crippen LogP contribution is 2.34. The van der Waals surface area contributed by atoms with E-state index >= 15 is 0 Å². The number of benzene rings is 2. The third-order valence-electron chi connectivity index (χ3n) is 5.78. The van der Waals surface area contributed by atoms with E-state index in [1.54, 1.807) is 0 Å². The van der Waals surface area contributed by atoms with Gasteiger partial charge in [0.15, 0.2) is 0 Å². The quantitative estimate of drug-likeness (QED) is 0.376. The molecule has 0 aliphatic carbocycles. The molecule has 5 rings (SSSR count). The van der Waals surface area contributed by atoms with Gasteiger partial charge in [-0.1, -0.05) is 13.0 Å². The van der Waals surface area contributed by atoms with Gasteiger partial charge in [-0.15, -0.1) is 0 Å². The minimum absolute atomic E-state index is 0.0906. The van der Waals surface area contributed by atoms with E-state index < -0.39 is 28.6 Å². The van der Waals surface area contributed by atoms with Crippen molar-refractivity contribution >= 4 is 16.9 Å². The maximum Gasteiger partial charge on any atom is 0.252 e. The molecule has 0 spiro atoms. The molecule has 10 heteroatoms. The molecule has 4 N–H and O–H groups in total. The van der Waals surface area contributed by atoms with E-state index in [4.69, 9.17) is 0 Å². The Labute approximate surface area is 186 Å². The molecule has 2 atom stereocenters. The van der Waals surface area contributed by atoms with Crippen LogP contribution >= 0.6 is 0 Å². The van der Waals surface area contributed by atoms with Gasteiger partial charge in [-0.25, -0.2) is 18.2 Å². The first kappa shape index (κ1) is 21.2. The number of piperidine rings is 1. The van der Waals surface area contributed by atoms with Crippen molar-refractivity contribution in [2.45, 2.75) is 19.4 Å². The average molecular weight is 454 g/mol. The second-order valence-electron chi connectivity index (χ2n) is 8.37. The summed E-state index contributed by atoms with van der Waals surface area (Å²) in [6, 6.07) is 7.14. The van der Waals surface area contributed by atoms with Crippen LogP contribution in [0, 0.1) is 23.4 Å². The molecule has 0 bridgehead atoms. The summed E-state index contributed by atoms with van der Waals surface area (Å²) in [5.41, 5.74) is -0.276. The average Bonchev–Trinajstić information content (AvgIpc) is 3.16. The fraction of sp³-hybridized carbons (Fsp3) is 0.261. The Morgan fingerprint density at radius 3 is 2.61 bits per heavy atom. The van der Waals surface area contributed by atoms with Crippen molar-refractivity contribution in [1.82, 2.24) is 25.5 Å². The fourth-order valence-electron chi connectivity index (χ4n) is 4.29. The molecular formula is C23H21F3N6O. The first-order valence-electron chi connectivity index (χ1n) is 10.6. The van der Waals surface area contributed by atoms with E-state index in [0.717, 1.165) is 37.7 Å². The monoisotopic (exact) mass is 454 g/mol. The number of anilines is 1. The van der Waals surface area contributed by atoms with E-state index in [1.807, 2.05) is 0 Å². The standard InChI is InChI=1S/C23H21F3N6O/c1-11-5-12(10-27-9-11)28-23-29-19(8-20(33)30-23)22-14-6-13(17(26)7-18(14)31-32-22)21-15(24)3-2-4-16(21)25/h2-4,6-8,11-12,27H,5,9-10H2,1H3,(H,31,32)(H2,28,29,30,33)/t11-,12+/m1/s1. The third-order valence-corrected chi connectivity index (χ3v) is 5.78. The molecule has 2 aromatic heterocycles. The molecule has 170 valence electrons. The van der Waals surface area contributed by atoms with Gasteiger partial charge in [0.05, 0.1) is 11.1 Å². The van der Waals surface area contributed by atoms with Crippen LogP contribution in [-0.2, 0) is 0 Å². The number of hydrogen-bond donors (Lipinski definition) is 4. The van der Waals surface area contributed by atoms with Gasteiger partial charge in [0.1, 0.15) is 28.8 Å². The molecular weight excluding hydrogens is 433 g/mol. The minimum atomic E-state index is -0.880. The van der Waals surface area contributed by atoms with Gasteiger partial charge in [-0.2, -0.15) is 5.10 Å². The zero-order valence-corrected chi connectivity index (χ0v) is 17.7. The number of nitrogens with zero attached hydrogens (tertiary/aromatic N) is 2. The summed E-state index contributed by atoms with van der Waals surface area (Å²) >= 11 is 0. The van der Waals surface area contributed by atoms with Crippen LogP contribution in [0.4, 0.5) is 19.1 Å². The van der Waals surface area contributed by atoms with Crippen molar-refractivity contribution in [2.24, 2.45) is 5.92 Å². The lowest BCUT2D eigenvalue weighted by Gasteiger charge is -2.28. The van der Waals surface area contributed by atoms with Gasteiger partial charge in [-0.05, 0) is 37.1 Å². The predicted octanol–water partition coefficient (Wildman–Crippen LogP) is 3.81. The van der Waals surface area contributed by atoms with Crippen LogP contribution in [0.3, 0.4) is 0 Å². The summed E-state index contributed by atoms with van der Waals surface area (Å²) < 4.78 is 43.4. The predicted molar refractivity (Wildman–Crippen MR) is 119 cm³/mol. The highest BCUT2D eigenvalue weighted by molar-refractivity contribution is 5.95. The van der Waals surface area contributed by atoms with Crippen molar-refractivity contribution in [3.8, 4) is 22.5 Å². The Morgan fingerprint density at radius 2 is 1.85 bits per heavy atom. The van der Waals surface area contributed by atoms with Gasteiger partial charge >= 0.3 is 0 Å². The van der Waals surface area contributed by atoms with Crippen LogP contribution in [-0.4, -0.2) is 39.3 Å². The molecule has 0 saturated carbocycles. The first-order chi connectivity index (χ1) is 15.9. The summed E-state index contributed by atoms with van der Waals surface area (Å²) in [4.78, 5) is 19.5. The van der Waals surface area contributed by atoms with Crippen LogP contribution in [0.15, 0.2) is 41.2 Å². The van der Waals surface area contributed by atoms with E-state index in [-0.39, 0.29) is 28.9 Å². The molecule has 1 aliphatic rings. The molecule has 3 heterocycles. The Hall–Kier alpha value is -3.66. The zero-order chi connectivity index (χ0) is 23.1. The summed E-state index contributed by atoms with van der Waals surface area (Å²) in [5.74, 6) is -1.80. The summed E-state index contributed by atoms with van der Waals surface area (Å²) in [5, 5.41) is 13.8. The minimum Gasteiger partial charge on any atom is -0.352 e. The SMILES string of the molecule is C[C@H]1CNC[C@@H](Nc2nc(-c3n[nH]c4cc(F)c(-c5c(F)cccc5F)cc34)cc(=O)[nH]2)C1. The van der Waals surface area contributed by atoms with Crippen molar-refractivity contribution in [3.05, 3.63) is 64.2 Å². The van der Waals surface area contributed by atoms with Crippen molar-refractivity contribution in [3.63, 3.8) is 0 Å². The third kappa shape index (κ3) is 4.09. The number of aromatic amines is 2. The lowest BCUT2D eigenvalue weighted by atomic mass is 9.98. The number of aromatic nitrogens is 4. The molecule has 0 amide bonds. The summed E-state index contributed by atoms with van der Waals surface area (Å²) in [6.45, 7) is 3.81. The number of halogens is 3. The van der Waals surface area contributed by atoms with Crippen LogP contribution in [0.1, 0.15) is 13.3 Å². The van der Waals surface area contributed by atoms with Crippen LogP contribution in [0.25, 0.3) is 33.4 Å². The highest BCUT2D eigenvalue weighted by Gasteiger charge is 2.21. The molecule has 1 saturated heterocycles. The normalized spacial score (nSPS) is 18.5. The fourth-order valence-corrected chi connectivity index (χ4v) is 4.29. The van der Waals surface area contributed by atoms with Gasteiger partial charge < -0.3 is 10.6 Å². The lowest BCUT2D eigenvalue weighted by Crippen LogP contribution is -2.42. The maximum absolute atomic E-state index is 14.7. The molecule has 0 unspecified atom stereocenters. The largest absolute Gasteiger partial charge is 0.352 e. The smallest absolute Gasteiger partial charge is 0.252 e. The molecule has 33 heavy (non-hydrogen) atoms. The number of fused-ring (bicyclic) bond motifs is 1. The highest BCUT2D eigenvalue weighted by atomic mass is 19.1. The van der Waals surface area contributed by atoms with Crippen molar-refractivity contribution in [1.29, 1.82) is 0 Å². The Bertz CT molecular complexity index is 1380. The van der Waals surface area contributed by atoms with E-state index in [1.165, 1.54) is 18.2 Å². The maximum atomic E-state index is 14.7. The van der Waals surface area contributed by atoms with Crippen molar-refractivity contribution in [2.75, 3.05) is 18.4 Å². The van der Waals surface area contributed by atoms with Gasteiger partial charge in [-0.3, -0.25) is 14.9 Å². The lowest BCUT2D eigenvalue weighted by molar-refractivity contribution is 0.377. The van der Waals surface area contributed by atoms with Gasteiger partial charge in [0, 0.05) is 35.7 Å². The molecule has 2 aromatic carbocycles. The molecule has 4 aromatic rings. The second kappa shape index (κ2) is 8.36. The first-order valence-corrected chi connectivity index (χ1v) is 10.6. The molecule has 1 aliphatic heterocycles. The number of nitrogens with one attached hydrogen (secondary N) is 4. The van der Waals surface area contributed by atoms with Crippen LogP contribution in [0.2, 0.25) is 0 Å². The van der Waals surface area contributed by atoms with Crippen molar-refractivity contribution < 1.29 is 13.2 Å². The molecule has 7 nitrogen and oxygen atoms in total. The number of hydrogen-bond acceptors (Lipinski definition) is 5. The molecule has 0 radical (unpaired) electrons. The number of H-pyrrole nitrogens is 2. The number of rotatable bonds is 4. The van der Waals surface area contributed by atoms with E-state index in [2.05, 4.69) is 37.7 Å². The topological polar surface area (TPSA) is 98.5 Å².